The quantitative estimate of drug-likeness (QED) is 0.269. The van der Waals surface area contributed by atoms with Gasteiger partial charge in [0.2, 0.25) is 11.3 Å². The Morgan fingerprint density at radius 2 is 1.98 bits per heavy atom. The first-order valence-corrected chi connectivity index (χ1v) is 15.1. The van der Waals surface area contributed by atoms with Gasteiger partial charge in [0.15, 0.2) is 11.4 Å². The first-order chi connectivity index (χ1) is 21.0. The molecule has 4 atom stereocenters. The standard InChI is InChI=1S/C31H32F2N4O6S/c1-18-10-11-30(17-31(41,42-2)35-44-30)24-15-36(18)29(40)25-27(43-16-19-6-4-3-5-7-19)26(38)22(14-37(24)25)28(39)34-13-20-8-9-21(32)12-23(20)33/h3-9,12,14,18,24,35,41H,10-11,13,15-17H2,1-2H3,(H,34,39)/t18-,24+,30+,31?/m0/s1. The first kappa shape index (κ1) is 30.3. The molecule has 0 saturated carbocycles. The summed E-state index contributed by atoms with van der Waals surface area (Å²) in [6.07, 6.45) is 2.76. The second-order valence-electron chi connectivity index (χ2n) is 11.4. The Kier molecular flexibility index (Phi) is 7.99. The van der Waals surface area contributed by atoms with Crippen molar-refractivity contribution in [2.45, 2.75) is 62.1 Å². The molecule has 3 aliphatic heterocycles. The molecule has 4 heterocycles. The number of methoxy groups -OCH3 is 1. The number of aromatic nitrogens is 1. The van der Waals surface area contributed by atoms with Gasteiger partial charge in [0.25, 0.3) is 11.8 Å². The number of hydrogen-bond acceptors (Lipinski definition) is 8. The summed E-state index contributed by atoms with van der Waals surface area (Å²) in [7, 11) is 1.40. The fraction of sp³-hybridized carbons (Fsp3) is 0.387. The number of pyridine rings is 1. The van der Waals surface area contributed by atoms with Gasteiger partial charge >= 0.3 is 0 Å². The van der Waals surface area contributed by atoms with Crippen molar-refractivity contribution in [1.29, 1.82) is 0 Å². The van der Waals surface area contributed by atoms with Crippen LogP contribution in [0.3, 0.4) is 0 Å². The zero-order valence-electron chi connectivity index (χ0n) is 24.1. The normalized spacial score (nSPS) is 25.9. The van der Waals surface area contributed by atoms with Crippen LogP contribution >= 0.6 is 11.9 Å². The highest BCUT2D eigenvalue weighted by Gasteiger charge is 2.57. The lowest BCUT2D eigenvalue weighted by Crippen LogP contribution is -2.52. The number of rotatable bonds is 7. The molecule has 6 rings (SSSR count). The Bertz CT molecular complexity index is 1670. The van der Waals surface area contributed by atoms with E-state index in [4.69, 9.17) is 9.47 Å². The van der Waals surface area contributed by atoms with Gasteiger partial charge in [0, 0.05) is 50.5 Å². The molecule has 2 amide bonds. The summed E-state index contributed by atoms with van der Waals surface area (Å²) < 4.78 is 43.1. The molecule has 1 spiro atoms. The van der Waals surface area contributed by atoms with Gasteiger partial charge in [-0.3, -0.25) is 14.4 Å². The van der Waals surface area contributed by atoms with E-state index in [9.17, 15) is 28.3 Å². The number of benzene rings is 2. The minimum atomic E-state index is -1.62. The summed E-state index contributed by atoms with van der Waals surface area (Å²) in [6.45, 7) is 1.88. The SMILES string of the molecule is COC1(O)C[C@@]2(CC[C@H](C)N3C[C@H]2n2cc(C(=O)NCc4ccc(F)cc4F)c(=O)c(OCc4ccccc4)c2C3=O)SN1. The van der Waals surface area contributed by atoms with Crippen molar-refractivity contribution in [3.63, 3.8) is 0 Å². The summed E-state index contributed by atoms with van der Waals surface area (Å²) in [5, 5.41) is 13.6. The zero-order chi connectivity index (χ0) is 31.2. The maximum absolute atomic E-state index is 14.3. The van der Waals surface area contributed by atoms with Gasteiger partial charge in [0.1, 0.15) is 23.8 Å². The van der Waals surface area contributed by atoms with E-state index < -0.39 is 45.6 Å². The van der Waals surface area contributed by atoms with Gasteiger partial charge in [-0.25, -0.2) is 13.5 Å². The molecule has 3 aliphatic rings. The smallest absolute Gasteiger partial charge is 0.274 e. The molecule has 1 aromatic heterocycles. The molecule has 2 aromatic carbocycles. The Labute approximate surface area is 256 Å². The Morgan fingerprint density at radius 3 is 2.68 bits per heavy atom. The van der Waals surface area contributed by atoms with Crippen LogP contribution in [0.2, 0.25) is 0 Å². The van der Waals surface area contributed by atoms with E-state index in [0.29, 0.717) is 18.9 Å². The second-order valence-corrected chi connectivity index (χ2v) is 12.7. The van der Waals surface area contributed by atoms with Crippen LogP contribution in [0, 0.1) is 11.6 Å². The van der Waals surface area contributed by atoms with E-state index in [1.165, 1.54) is 31.3 Å². The highest BCUT2D eigenvalue weighted by molar-refractivity contribution is 7.99. The predicted octanol–water partition coefficient (Wildman–Crippen LogP) is 3.49. The maximum atomic E-state index is 14.3. The van der Waals surface area contributed by atoms with Crippen molar-refractivity contribution in [2.75, 3.05) is 13.7 Å². The number of carbonyl (C=O) groups is 2. The molecule has 0 aliphatic carbocycles. The van der Waals surface area contributed by atoms with Crippen LogP contribution in [0.15, 0.2) is 59.5 Å². The average Bonchev–Trinajstić information content (AvgIpc) is 3.31. The van der Waals surface area contributed by atoms with Crippen LogP contribution in [-0.4, -0.2) is 56.7 Å². The van der Waals surface area contributed by atoms with Gasteiger partial charge in [-0.15, -0.1) is 0 Å². The fourth-order valence-electron chi connectivity index (χ4n) is 6.19. The van der Waals surface area contributed by atoms with Crippen LogP contribution in [0.25, 0.3) is 0 Å². The summed E-state index contributed by atoms with van der Waals surface area (Å²) in [6, 6.07) is 11.4. The molecule has 3 aromatic rings. The molecule has 1 unspecified atom stereocenters. The molecular weight excluding hydrogens is 594 g/mol. The van der Waals surface area contributed by atoms with Crippen molar-refractivity contribution in [2.24, 2.45) is 0 Å². The van der Waals surface area contributed by atoms with E-state index in [-0.39, 0.29) is 54.7 Å². The van der Waals surface area contributed by atoms with E-state index in [1.54, 1.807) is 9.47 Å². The minimum absolute atomic E-state index is 0.0184. The van der Waals surface area contributed by atoms with Gasteiger partial charge in [0.05, 0.1) is 10.8 Å². The number of nitrogens with one attached hydrogen (secondary N) is 2. The van der Waals surface area contributed by atoms with Crippen LogP contribution in [-0.2, 0) is 17.9 Å². The summed E-state index contributed by atoms with van der Waals surface area (Å²) in [4.78, 5) is 43.2. The minimum Gasteiger partial charge on any atom is -0.483 e. The van der Waals surface area contributed by atoms with E-state index in [0.717, 1.165) is 11.6 Å². The number of hydrogen-bond donors (Lipinski definition) is 3. The lowest BCUT2D eigenvalue weighted by Gasteiger charge is -2.43. The summed E-state index contributed by atoms with van der Waals surface area (Å²) in [5.74, 6) is -4.68. The zero-order valence-corrected chi connectivity index (χ0v) is 25.0. The number of nitrogens with zero attached hydrogens (tertiary/aromatic N) is 2. The van der Waals surface area contributed by atoms with Crippen molar-refractivity contribution in [1.82, 2.24) is 19.5 Å². The van der Waals surface area contributed by atoms with Gasteiger partial charge in [-0.1, -0.05) is 48.3 Å². The van der Waals surface area contributed by atoms with Gasteiger partial charge in [-0.2, -0.15) is 0 Å². The molecule has 44 heavy (non-hydrogen) atoms. The molecular formula is C31H32F2N4O6S. The number of aliphatic hydroxyl groups is 1. The monoisotopic (exact) mass is 626 g/mol. The van der Waals surface area contributed by atoms with Gasteiger partial charge < -0.3 is 29.4 Å². The molecule has 2 saturated heterocycles. The molecule has 0 radical (unpaired) electrons. The lowest BCUT2D eigenvalue weighted by molar-refractivity contribution is -0.195. The van der Waals surface area contributed by atoms with Crippen LogP contribution in [0.1, 0.15) is 64.2 Å². The molecule has 2 bridgehead atoms. The van der Waals surface area contributed by atoms with Crippen molar-refractivity contribution in [3.05, 3.63) is 99.0 Å². The largest absolute Gasteiger partial charge is 0.483 e. The van der Waals surface area contributed by atoms with Crippen LogP contribution in [0.5, 0.6) is 5.75 Å². The van der Waals surface area contributed by atoms with E-state index >= 15 is 0 Å². The topological polar surface area (TPSA) is 122 Å². The van der Waals surface area contributed by atoms with Crippen LogP contribution < -0.4 is 20.2 Å². The lowest BCUT2D eigenvalue weighted by atomic mass is 9.87. The second kappa shape index (κ2) is 11.6. The Hall–Kier alpha value is -3.78. The Morgan fingerprint density at radius 1 is 1.20 bits per heavy atom. The first-order valence-electron chi connectivity index (χ1n) is 14.3. The summed E-state index contributed by atoms with van der Waals surface area (Å²) >= 11 is 1.32. The van der Waals surface area contributed by atoms with Crippen LogP contribution in [0.4, 0.5) is 8.78 Å². The Balaban J connectivity index is 1.46. The highest BCUT2D eigenvalue weighted by Crippen LogP contribution is 2.54. The van der Waals surface area contributed by atoms with Gasteiger partial charge in [-0.05, 0) is 31.4 Å². The highest BCUT2D eigenvalue weighted by atomic mass is 32.2. The third kappa shape index (κ3) is 5.38. The number of amides is 2. The van der Waals surface area contributed by atoms with Crippen molar-refractivity contribution in [3.8, 4) is 5.75 Å². The third-order valence-electron chi connectivity index (χ3n) is 8.70. The molecule has 3 N–H and O–H groups in total. The fourth-order valence-corrected chi connectivity index (χ4v) is 7.52. The van der Waals surface area contributed by atoms with Crippen molar-refractivity contribution < 1.29 is 33.0 Å². The molecule has 10 nitrogen and oxygen atoms in total. The number of ether oxygens (including phenoxy) is 2. The predicted molar refractivity (Wildman–Crippen MR) is 158 cm³/mol. The third-order valence-corrected chi connectivity index (χ3v) is 10.1. The number of carbonyl (C=O) groups excluding carboxylic acids is 2. The maximum Gasteiger partial charge on any atom is 0.274 e. The summed E-state index contributed by atoms with van der Waals surface area (Å²) in [5.41, 5.74) is -0.285. The number of fused-ring (bicyclic) bond motifs is 5. The molecule has 232 valence electrons. The number of halogens is 2. The molecule has 13 heteroatoms. The van der Waals surface area contributed by atoms with E-state index in [1.807, 2.05) is 37.3 Å². The van der Waals surface area contributed by atoms with E-state index in [2.05, 4.69) is 10.0 Å². The molecule has 2 fully saturated rings. The van der Waals surface area contributed by atoms with Crippen molar-refractivity contribution >= 4 is 23.8 Å². The average molecular weight is 627 g/mol.